The lowest BCUT2D eigenvalue weighted by atomic mass is 9.87. The van der Waals surface area contributed by atoms with Crippen molar-refractivity contribution < 1.29 is 0 Å². The molecule has 0 fully saturated rings. The Kier molecular flexibility index (Phi) is 5.66. The molecule has 2 aromatic heterocycles. The van der Waals surface area contributed by atoms with Crippen molar-refractivity contribution in [3.05, 3.63) is 132 Å². The molecule has 0 radical (unpaired) electrons. The van der Waals surface area contributed by atoms with Crippen LogP contribution in [0, 0.1) is 22.7 Å². The highest BCUT2D eigenvalue weighted by molar-refractivity contribution is 7.26. The van der Waals surface area contributed by atoms with E-state index in [0.29, 0.717) is 11.1 Å². The van der Waals surface area contributed by atoms with Gasteiger partial charge in [-0.1, -0.05) is 78.9 Å². The average Bonchev–Trinajstić information content (AvgIpc) is 3.62. The molecule has 0 aliphatic heterocycles. The largest absolute Gasteiger partial charge is 0.192 e. The Bertz CT molecular complexity index is 2450. The van der Waals surface area contributed by atoms with Crippen molar-refractivity contribution in [3.8, 4) is 45.5 Å². The maximum absolute atomic E-state index is 10.7. The Morgan fingerprint density at radius 2 is 1.07 bits per heavy atom. The fraction of sp³-hybridized carbons (Fsp3) is 0. The Morgan fingerprint density at radius 3 is 1.88 bits per heavy atom. The minimum Gasteiger partial charge on any atom is -0.192 e. The number of fused-ring (bicyclic) bond motifs is 6. The third-order valence-electron chi connectivity index (χ3n) is 7.99. The molecule has 0 spiro atoms. The SMILES string of the molecule is N#Cc1ccccc1-c1cc(-c2ccc3sc4ccccc4c3c2)c(C#N)c(-c2cccc3c2sc2ccccc23)c1. The molecule has 0 saturated carbocycles. The summed E-state index contributed by atoms with van der Waals surface area (Å²) in [6, 6.07) is 46.6. The molecular weight excluding hydrogens is 549 g/mol. The number of nitrogens with zero attached hydrogens (tertiary/aromatic N) is 2. The smallest absolute Gasteiger partial charge is 0.100 e. The van der Waals surface area contributed by atoms with Gasteiger partial charge in [-0.15, -0.1) is 22.7 Å². The Morgan fingerprint density at radius 1 is 0.429 bits per heavy atom. The Labute approximate surface area is 250 Å². The van der Waals surface area contributed by atoms with Crippen LogP contribution in [0.15, 0.2) is 121 Å². The van der Waals surface area contributed by atoms with Gasteiger partial charge in [-0.2, -0.15) is 10.5 Å². The van der Waals surface area contributed by atoms with Crippen molar-refractivity contribution >= 4 is 63.0 Å². The summed E-state index contributed by atoms with van der Waals surface area (Å²) in [5.41, 5.74) is 6.80. The summed E-state index contributed by atoms with van der Waals surface area (Å²) in [5.74, 6) is 0. The van der Waals surface area contributed by atoms with Gasteiger partial charge in [0.25, 0.3) is 0 Å². The first kappa shape index (κ1) is 24.5. The van der Waals surface area contributed by atoms with Crippen molar-refractivity contribution in [3.63, 3.8) is 0 Å². The second-order valence-corrected chi connectivity index (χ2v) is 12.4. The lowest BCUT2D eigenvalue weighted by Crippen LogP contribution is -1.94. The molecule has 0 amide bonds. The quantitative estimate of drug-likeness (QED) is 0.213. The highest BCUT2D eigenvalue weighted by atomic mass is 32.1. The summed E-state index contributed by atoms with van der Waals surface area (Å²) < 4.78 is 4.85. The standard InChI is InChI=1S/C38H20N2S2/c39-21-24-8-1-2-9-26(24)25-19-31(23-16-17-37-33(18-23)28-11-4-5-14-35(28)41-37)34(22-40)32(20-25)30-13-7-12-29-27-10-3-6-15-36(27)42-38(29)30/h1-20H. The van der Waals surface area contributed by atoms with Crippen molar-refractivity contribution in [2.75, 3.05) is 0 Å². The zero-order chi connectivity index (χ0) is 28.2. The summed E-state index contributed by atoms with van der Waals surface area (Å²) in [7, 11) is 0. The van der Waals surface area contributed by atoms with Crippen LogP contribution in [0.4, 0.5) is 0 Å². The van der Waals surface area contributed by atoms with Gasteiger partial charge in [-0.05, 0) is 59.2 Å². The molecule has 0 bridgehead atoms. The van der Waals surface area contributed by atoms with E-state index in [1.54, 1.807) is 22.7 Å². The molecule has 0 atom stereocenters. The molecule has 6 aromatic carbocycles. The highest BCUT2D eigenvalue weighted by Gasteiger charge is 2.20. The zero-order valence-corrected chi connectivity index (χ0v) is 23.9. The van der Waals surface area contributed by atoms with Crippen molar-refractivity contribution in [1.82, 2.24) is 0 Å². The topological polar surface area (TPSA) is 47.6 Å². The van der Waals surface area contributed by atoms with Gasteiger partial charge < -0.3 is 0 Å². The molecule has 2 heterocycles. The van der Waals surface area contributed by atoms with Crippen LogP contribution in [0.5, 0.6) is 0 Å². The van der Waals surface area contributed by atoms with Crippen LogP contribution in [0.25, 0.3) is 73.7 Å². The third kappa shape index (κ3) is 3.75. The van der Waals surface area contributed by atoms with Crippen molar-refractivity contribution in [1.29, 1.82) is 10.5 Å². The summed E-state index contributed by atoms with van der Waals surface area (Å²) in [5, 5.41) is 25.5. The molecule has 42 heavy (non-hydrogen) atoms. The normalized spacial score (nSPS) is 11.3. The number of rotatable bonds is 3. The molecule has 8 aromatic rings. The van der Waals surface area contributed by atoms with Gasteiger partial charge in [0.2, 0.25) is 0 Å². The highest BCUT2D eigenvalue weighted by Crippen LogP contribution is 2.45. The summed E-state index contributed by atoms with van der Waals surface area (Å²) in [4.78, 5) is 0. The third-order valence-corrected chi connectivity index (χ3v) is 10.4. The van der Waals surface area contributed by atoms with E-state index in [4.69, 9.17) is 0 Å². The number of benzene rings is 6. The molecule has 0 aliphatic carbocycles. The maximum Gasteiger partial charge on any atom is 0.100 e. The monoisotopic (exact) mass is 568 g/mol. The fourth-order valence-corrected chi connectivity index (χ4v) is 8.36. The van der Waals surface area contributed by atoms with Gasteiger partial charge in [0.1, 0.15) is 6.07 Å². The van der Waals surface area contributed by atoms with Crippen LogP contribution >= 0.6 is 22.7 Å². The van der Waals surface area contributed by atoms with Crippen molar-refractivity contribution in [2.45, 2.75) is 0 Å². The van der Waals surface area contributed by atoms with E-state index in [9.17, 15) is 10.5 Å². The molecule has 0 aliphatic rings. The van der Waals surface area contributed by atoms with E-state index in [0.717, 1.165) is 38.1 Å². The van der Waals surface area contributed by atoms with Crippen LogP contribution in [-0.2, 0) is 0 Å². The van der Waals surface area contributed by atoms with E-state index >= 15 is 0 Å². The molecular formula is C38H20N2S2. The van der Waals surface area contributed by atoms with Crippen LogP contribution in [0.3, 0.4) is 0 Å². The first-order valence-electron chi connectivity index (χ1n) is 13.6. The minimum atomic E-state index is 0.610. The van der Waals surface area contributed by atoms with E-state index in [2.05, 4.69) is 109 Å². The number of nitriles is 2. The first-order chi connectivity index (χ1) is 20.7. The Balaban J connectivity index is 1.47. The summed E-state index contributed by atoms with van der Waals surface area (Å²) >= 11 is 3.54. The Hall–Kier alpha value is -5.26. The predicted molar refractivity (Wildman–Crippen MR) is 178 cm³/mol. The average molecular weight is 569 g/mol. The number of hydrogen-bond acceptors (Lipinski definition) is 4. The molecule has 4 heteroatoms. The lowest BCUT2D eigenvalue weighted by molar-refractivity contribution is 1.46. The van der Waals surface area contributed by atoms with Crippen LogP contribution < -0.4 is 0 Å². The van der Waals surface area contributed by atoms with E-state index in [1.165, 1.54) is 35.6 Å². The van der Waals surface area contributed by atoms with Gasteiger partial charge in [-0.25, -0.2) is 0 Å². The van der Waals surface area contributed by atoms with Crippen LogP contribution in [-0.4, -0.2) is 0 Å². The molecule has 0 unspecified atom stereocenters. The number of thiophene rings is 2. The second-order valence-electron chi connectivity index (χ2n) is 10.3. The second kappa shape index (κ2) is 9.68. The number of hydrogen-bond donors (Lipinski definition) is 0. The van der Waals surface area contributed by atoms with Crippen LogP contribution in [0.1, 0.15) is 11.1 Å². The fourth-order valence-electron chi connectivity index (χ4n) is 6.04. The molecule has 8 rings (SSSR count). The van der Waals surface area contributed by atoms with E-state index in [1.807, 2.05) is 24.3 Å². The minimum absolute atomic E-state index is 0.610. The van der Waals surface area contributed by atoms with Crippen LogP contribution in [0.2, 0.25) is 0 Å². The lowest BCUT2D eigenvalue weighted by Gasteiger charge is -2.16. The summed E-state index contributed by atoms with van der Waals surface area (Å²) in [6.07, 6.45) is 0. The van der Waals surface area contributed by atoms with E-state index in [-0.39, 0.29) is 0 Å². The van der Waals surface area contributed by atoms with Crippen molar-refractivity contribution in [2.24, 2.45) is 0 Å². The van der Waals surface area contributed by atoms with Gasteiger partial charge in [0, 0.05) is 57.0 Å². The zero-order valence-electron chi connectivity index (χ0n) is 22.3. The molecule has 0 saturated heterocycles. The van der Waals surface area contributed by atoms with Gasteiger partial charge in [0.15, 0.2) is 0 Å². The molecule has 0 N–H and O–H groups in total. The van der Waals surface area contributed by atoms with E-state index < -0.39 is 0 Å². The predicted octanol–water partition coefficient (Wildman–Crippen LogP) is 11.2. The van der Waals surface area contributed by atoms with Gasteiger partial charge in [0.05, 0.1) is 17.2 Å². The van der Waals surface area contributed by atoms with Gasteiger partial charge in [-0.3, -0.25) is 0 Å². The first-order valence-corrected chi connectivity index (χ1v) is 15.3. The maximum atomic E-state index is 10.7. The summed E-state index contributed by atoms with van der Waals surface area (Å²) in [6.45, 7) is 0. The van der Waals surface area contributed by atoms with Gasteiger partial charge >= 0.3 is 0 Å². The molecule has 2 nitrogen and oxygen atoms in total. The molecule has 194 valence electrons.